The fourth-order valence-electron chi connectivity index (χ4n) is 3.95. The first kappa shape index (κ1) is 23.1. The number of carbonyl (C=O) groups excluding carboxylic acids is 2. The van der Waals surface area contributed by atoms with Crippen molar-refractivity contribution < 1.29 is 19.1 Å². The molecule has 0 saturated carbocycles. The van der Waals surface area contributed by atoms with E-state index in [1.807, 2.05) is 48.5 Å². The number of hydrogen-bond donors (Lipinski definition) is 3. The molecular weight excluding hydrogens is 454 g/mol. The summed E-state index contributed by atoms with van der Waals surface area (Å²) in [4.78, 5) is 25.4. The van der Waals surface area contributed by atoms with Crippen molar-refractivity contribution in [3.05, 3.63) is 108 Å². The standard InChI is InChI=1S/C29H25N3O4/c30-14-15-35-23-5-3-4-21(16-23)20-10-8-19(9-11-20)18-31-28(33)22-12-13-27-25(17-22)32-29(34)24-6-1-2-7-26(24)36-27/h1-13,16-17H,14-15,18,30H2,(H,31,33)(H,32,34). The lowest BCUT2D eigenvalue weighted by molar-refractivity contribution is 0.0949. The fraction of sp³-hybridized carbons (Fsp3) is 0.103. The number of ether oxygens (including phenoxy) is 2. The third-order valence-corrected chi connectivity index (χ3v) is 5.80. The molecule has 0 bridgehead atoms. The van der Waals surface area contributed by atoms with E-state index >= 15 is 0 Å². The molecular formula is C29H25N3O4. The SMILES string of the molecule is NCCOc1cccc(-c2ccc(CNC(=O)c3ccc4c(c3)NC(=O)c3ccccc3O4)cc2)c1. The topological polar surface area (TPSA) is 103 Å². The Morgan fingerprint density at radius 2 is 1.72 bits per heavy atom. The Morgan fingerprint density at radius 1 is 0.889 bits per heavy atom. The molecule has 0 fully saturated rings. The molecule has 2 amide bonds. The Morgan fingerprint density at radius 3 is 2.56 bits per heavy atom. The minimum atomic E-state index is -0.279. The first-order valence-electron chi connectivity index (χ1n) is 11.6. The van der Waals surface area contributed by atoms with Gasteiger partial charge in [0, 0.05) is 18.7 Å². The van der Waals surface area contributed by atoms with E-state index in [4.69, 9.17) is 15.2 Å². The first-order valence-corrected chi connectivity index (χ1v) is 11.6. The van der Waals surface area contributed by atoms with Crippen LogP contribution in [0.15, 0.2) is 91.0 Å². The monoisotopic (exact) mass is 479 g/mol. The number of fused-ring (bicyclic) bond motifs is 2. The van der Waals surface area contributed by atoms with Gasteiger partial charge in [0.1, 0.15) is 18.1 Å². The van der Waals surface area contributed by atoms with E-state index in [9.17, 15) is 9.59 Å². The van der Waals surface area contributed by atoms with E-state index in [2.05, 4.69) is 10.6 Å². The maximum atomic E-state index is 12.8. The molecule has 5 rings (SSSR count). The highest BCUT2D eigenvalue weighted by Crippen LogP contribution is 2.36. The van der Waals surface area contributed by atoms with Crippen LogP contribution in [0.25, 0.3) is 11.1 Å². The largest absolute Gasteiger partial charge is 0.492 e. The molecule has 1 aliphatic heterocycles. The quantitative estimate of drug-likeness (QED) is 0.347. The van der Waals surface area contributed by atoms with Crippen LogP contribution in [-0.2, 0) is 6.54 Å². The van der Waals surface area contributed by atoms with Gasteiger partial charge in [-0.15, -0.1) is 0 Å². The molecule has 4 aromatic rings. The molecule has 0 saturated heterocycles. The average molecular weight is 480 g/mol. The lowest BCUT2D eigenvalue weighted by Gasteiger charge is -2.11. The highest BCUT2D eigenvalue weighted by atomic mass is 16.5. The molecule has 0 unspecified atom stereocenters. The van der Waals surface area contributed by atoms with Crippen molar-refractivity contribution in [1.29, 1.82) is 0 Å². The van der Waals surface area contributed by atoms with Crippen LogP contribution in [0.5, 0.6) is 17.2 Å². The van der Waals surface area contributed by atoms with Crippen molar-refractivity contribution in [2.45, 2.75) is 6.54 Å². The van der Waals surface area contributed by atoms with Gasteiger partial charge >= 0.3 is 0 Å². The summed E-state index contributed by atoms with van der Waals surface area (Å²) in [6.45, 7) is 1.30. The van der Waals surface area contributed by atoms with Gasteiger partial charge in [-0.3, -0.25) is 9.59 Å². The second kappa shape index (κ2) is 10.3. The lowest BCUT2D eigenvalue weighted by atomic mass is 10.0. The van der Waals surface area contributed by atoms with Gasteiger partial charge in [0.25, 0.3) is 11.8 Å². The molecule has 7 heteroatoms. The van der Waals surface area contributed by atoms with Crippen molar-refractivity contribution in [2.75, 3.05) is 18.5 Å². The number of benzene rings is 4. The second-order valence-electron chi connectivity index (χ2n) is 8.31. The van der Waals surface area contributed by atoms with Crippen LogP contribution in [0, 0.1) is 0 Å². The molecule has 180 valence electrons. The first-order chi connectivity index (χ1) is 17.6. The molecule has 36 heavy (non-hydrogen) atoms. The summed E-state index contributed by atoms with van der Waals surface area (Å²) in [5.41, 5.74) is 9.88. The maximum Gasteiger partial charge on any atom is 0.259 e. The molecule has 0 aliphatic carbocycles. The van der Waals surface area contributed by atoms with Crippen molar-refractivity contribution in [3.8, 4) is 28.4 Å². The average Bonchev–Trinajstić information content (AvgIpc) is 3.06. The van der Waals surface area contributed by atoms with Gasteiger partial charge in [-0.25, -0.2) is 0 Å². The lowest BCUT2D eigenvalue weighted by Crippen LogP contribution is -2.23. The summed E-state index contributed by atoms with van der Waals surface area (Å²) in [5.74, 6) is 1.21. The summed E-state index contributed by atoms with van der Waals surface area (Å²) in [5, 5.41) is 5.76. The van der Waals surface area contributed by atoms with Crippen LogP contribution >= 0.6 is 0 Å². The molecule has 0 atom stereocenters. The number of carbonyl (C=O) groups is 2. The second-order valence-corrected chi connectivity index (χ2v) is 8.31. The Bertz CT molecular complexity index is 1420. The van der Waals surface area contributed by atoms with Crippen molar-refractivity contribution in [1.82, 2.24) is 5.32 Å². The predicted molar refractivity (Wildman–Crippen MR) is 139 cm³/mol. The summed E-state index contributed by atoms with van der Waals surface area (Å²) >= 11 is 0. The number of nitrogens with one attached hydrogen (secondary N) is 2. The van der Waals surface area contributed by atoms with Gasteiger partial charge in [0.15, 0.2) is 5.75 Å². The van der Waals surface area contributed by atoms with Crippen LogP contribution < -0.4 is 25.8 Å². The maximum absolute atomic E-state index is 12.8. The molecule has 1 heterocycles. The summed E-state index contributed by atoms with van der Waals surface area (Å²) < 4.78 is 11.5. The van der Waals surface area contributed by atoms with E-state index in [0.29, 0.717) is 48.0 Å². The van der Waals surface area contributed by atoms with E-state index < -0.39 is 0 Å². The summed E-state index contributed by atoms with van der Waals surface area (Å²) in [7, 11) is 0. The molecule has 0 aromatic heterocycles. The highest BCUT2D eigenvalue weighted by molar-refractivity contribution is 6.08. The summed E-state index contributed by atoms with van der Waals surface area (Å²) in [6.07, 6.45) is 0. The van der Waals surface area contributed by atoms with Crippen LogP contribution in [0.4, 0.5) is 5.69 Å². The van der Waals surface area contributed by atoms with Crippen LogP contribution in [0.2, 0.25) is 0 Å². The molecule has 0 radical (unpaired) electrons. The zero-order valence-corrected chi connectivity index (χ0v) is 19.5. The number of amides is 2. The van der Waals surface area contributed by atoms with Gasteiger partial charge in [-0.2, -0.15) is 0 Å². The molecule has 4 N–H and O–H groups in total. The number of nitrogens with two attached hydrogens (primary N) is 1. The van der Waals surface area contributed by atoms with Crippen molar-refractivity contribution >= 4 is 17.5 Å². The number of hydrogen-bond acceptors (Lipinski definition) is 5. The van der Waals surface area contributed by atoms with Crippen LogP contribution in [0.1, 0.15) is 26.3 Å². The Hall–Kier alpha value is -4.62. The molecule has 7 nitrogen and oxygen atoms in total. The Balaban J connectivity index is 1.24. The van der Waals surface area contributed by atoms with E-state index in [-0.39, 0.29) is 11.8 Å². The van der Waals surface area contributed by atoms with Crippen molar-refractivity contribution in [3.63, 3.8) is 0 Å². The normalized spacial score (nSPS) is 11.9. The van der Waals surface area contributed by atoms with Crippen molar-refractivity contribution in [2.24, 2.45) is 5.73 Å². The zero-order valence-electron chi connectivity index (χ0n) is 19.5. The van der Waals surface area contributed by atoms with Gasteiger partial charge in [-0.1, -0.05) is 48.5 Å². The zero-order chi connectivity index (χ0) is 24.9. The van der Waals surface area contributed by atoms with E-state index in [1.54, 1.807) is 42.5 Å². The minimum absolute atomic E-state index is 0.248. The third-order valence-electron chi connectivity index (χ3n) is 5.80. The minimum Gasteiger partial charge on any atom is -0.492 e. The fourth-order valence-corrected chi connectivity index (χ4v) is 3.95. The van der Waals surface area contributed by atoms with Crippen LogP contribution in [-0.4, -0.2) is 25.0 Å². The smallest absolute Gasteiger partial charge is 0.259 e. The predicted octanol–water partition coefficient (Wildman–Crippen LogP) is 4.98. The van der Waals surface area contributed by atoms with Gasteiger partial charge in [0.05, 0.1) is 11.3 Å². The summed E-state index contributed by atoms with van der Waals surface area (Å²) in [6, 6.07) is 27.8. The van der Waals surface area contributed by atoms with Gasteiger partial charge < -0.3 is 25.8 Å². The Kier molecular flexibility index (Phi) is 6.64. The number of para-hydroxylation sites is 1. The third kappa shape index (κ3) is 5.06. The van der Waals surface area contributed by atoms with Crippen LogP contribution in [0.3, 0.4) is 0 Å². The Labute approximate surface area is 208 Å². The van der Waals surface area contributed by atoms with Gasteiger partial charge in [0.2, 0.25) is 0 Å². The molecule has 4 aromatic carbocycles. The number of anilines is 1. The highest BCUT2D eigenvalue weighted by Gasteiger charge is 2.21. The number of rotatable bonds is 7. The molecule has 1 aliphatic rings. The van der Waals surface area contributed by atoms with E-state index in [1.165, 1.54) is 0 Å². The van der Waals surface area contributed by atoms with Gasteiger partial charge in [-0.05, 0) is 59.2 Å². The van der Waals surface area contributed by atoms with E-state index in [0.717, 1.165) is 22.4 Å². The molecule has 0 spiro atoms.